The number of aliphatic hydroxyl groups excluding tert-OH is 1. The van der Waals surface area contributed by atoms with Gasteiger partial charge in [-0.05, 0) is 17.2 Å². The van der Waals surface area contributed by atoms with Crippen LogP contribution in [0.1, 0.15) is 17.5 Å². The fourth-order valence-corrected chi connectivity index (χ4v) is 2.85. The molecule has 0 unspecified atom stereocenters. The van der Waals surface area contributed by atoms with Crippen molar-refractivity contribution in [2.75, 3.05) is 26.2 Å². The van der Waals surface area contributed by atoms with Gasteiger partial charge >= 0.3 is 0 Å². The van der Waals surface area contributed by atoms with Crippen molar-refractivity contribution in [2.24, 2.45) is 5.10 Å². The monoisotopic (exact) mass is 338 g/mol. The quantitative estimate of drug-likeness (QED) is 0.831. The molecular formula is C19H22N4O2. The van der Waals surface area contributed by atoms with Gasteiger partial charge in [0.05, 0.1) is 25.4 Å². The van der Waals surface area contributed by atoms with Gasteiger partial charge in [0.15, 0.2) is 0 Å². The van der Waals surface area contributed by atoms with Gasteiger partial charge in [0.2, 0.25) is 0 Å². The Kier molecular flexibility index (Phi) is 5.87. The molecule has 0 saturated heterocycles. The van der Waals surface area contributed by atoms with Gasteiger partial charge in [0.1, 0.15) is 0 Å². The highest BCUT2D eigenvalue weighted by Gasteiger charge is 2.23. The third-order valence-electron chi connectivity index (χ3n) is 4.10. The van der Waals surface area contributed by atoms with Crippen molar-refractivity contribution >= 4 is 11.6 Å². The van der Waals surface area contributed by atoms with Gasteiger partial charge in [-0.2, -0.15) is 5.10 Å². The molecule has 0 bridgehead atoms. The standard InChI is InChI=1S/C19H22N4O2/c24-12-11-22(14-16-5-4-9-20-13-16)15-19(25)23-10-8-18(21-23)17-6-2-1-3-7-17/h1-7,9,13,24H,8,10-12,14-15H2. The number of carbonyl (C=O) groups excluding carboxylic acids is 1. The third-order valence-corrected chi connectivity index (χ3v) is 4.10. The van der Waals surface area contributed by atoms with E-state index in [-0.39, 0.29) is 19.1 Å². The molecule has 6 heteroatoms. The van der Waals surface area contributed by atoms with Crippen molar-refractivity contribution in [2.45, 2.75) is 13.0 Å². The number of aromatic nitrogens is 1. The first kappa shape index (κ1) is 17.3. The van der Waals surface area contributed by atoms with E-state index in [9.17, 15) is 9.90 Å². The van der Waals surface area contributed by atoms with Crippen LogP contribution in [0.2, 0.25) is 0 Å². The van der Waals surface area contributed by atoms with Gasteiger partial charge in [0.25, 0.3) is 5.91 Å². The minimum atomic E-state index is -0.0525. The number of hydrogen-bond donors (Lipinski definition) is 1. The highest BCUT2D eigenvalue weighted by molar-refractivity contribution is 6.02. The number of rotatable bonds is 7. The van der Waals surface area contributed by atoms with Crippen molar-refractivity contribution in [1.82, 2.24) is 14.9 Å². The molecule has 0 spiro atoms. The molecular weight excluding hydrogens is 316 g/mol. The predicted molar refractivity (Wildman–Crippen MR) is 95.9 cm³/mol. The molecule has 0 fully saturated rings. The molecule has 6 nitrogen and oxygen atoms in total. The number of pyridine rings is 1. The lowest BCUT2D eigenvalue weighted by atomic mass is 10.1. The van der Waals surface area contributed by atoms with E-state index in [1.165, 1.54) is 5.01 Å². The first-order valence-electron chi connectivity index (χ1n) is 8.41. The van der Waals surface area contributed by atoms with E-state index in [0.717, 1.165) is 23.3 Å². The largest absolute Gasteiger partial charge is 0.395 e. The summed E-state index contributed by atoms with van der Waals surface area (Å²) in [6, 6.07) is 13.8. The Balaban J connectivity index is 1.62. The Morgan fingerprint density at radius 2 is 2.04 bits per heavy atom. The maximum absolute atomic E-state index is 12.6. The van der Waals surface area contributed by atoms with Crippen LogP contribution in [0.15, 0.2) is 60.0 Å². The number of nitrogens with zero attached hydrogens (tertiary/aromatic N) is 4. The number of hydrazone groups is 1. The molecule has 0 atom stereocenters. The number of benzene rings is 1. The molecule has 3 rings (SSSR count). The average molecular weight is 338 g/mol. The third kappa shape index (κ3) is 4.71. The zero-order valence-electron chi connectivity index (χ0n) is 14.1. The molecule has 1 aliphatic heterocycles. The van der Waals surface area contributed by atoms with E-state index >= 15 is 0 Å². The normalized spacial score (nSPS) is 14.0. The van der Waals surface area contributed by atoms with Crippen molar-refractivity contribution in [3.8, 4) is 0 Å². The molecule has 1 aromatic heterocycles. The van der Waals surface area contributed by atoms with Crippen molar-refractivity contribution in [3.63, 3.8) is 0 Å². The zero-order valence-corrected chi connectivity index (χ0v) is 14.1. The van der Waals surface area contributed by atoms with E-state index in [2.05, 4.69) is 10.1 Å². The van der Waals surface area contributed by atoms with Crippen LogP contribution >= 0.6 is 0 Å². The number of hydrogen-bond acceptors (Lipinski definition) is 5. The first-order chi connectivity index (χ1) is 12.3. The van der Waals surface area contributed by atoms with E-state index in [1.807, 2.05) is 47.4 Å². The smallest absolute Gasteiger partial charge is 0.256 e. The van der Waals surface area contributed by atoms with E-state index in [4.69, 9.17) is 0 Å². The van der Waals surface area contributed by atoms with Gasteiger partial charge in [-0.25, -0.2) is 5.01 Å². The second kappa shape index (κ2) is 8.50. The Bertz CT molecular complexity index is 719. The molecule has 0 aliphatic carbocycles. The van der Waals surface area contributed by atoms with Crippen LogP contribution in [0.25, 0.3) is 0 Å². The summed E-state index contributed by atoms with van der Waals surface area (Å²) in [6.45, 7) is 1.84. The lowest BCUT2D eigenvalue weighted by Crippen LogP contribution is -2.38. The van der Waals surface area contributed by atoms with Crippen LogP contribution in [0.3, 0.4) is 0 Å². The molecule has 1 aromatic carbocycles. The topological polar surface area (TPSA) is 69.0 Å². The minimum absolute atomic E-state index is 0.00603. The second-order valence-corrected chi connectivity index (χ2v) is 5.98. The summed E-state index contributed by atoms with van der Waals surface area (Å²) in [5.74, 6) is -0.0525. The predicted octanol–water partition coefficient (Wildman–Crippen LogP) is 1.51. The summed E-state index contributed by atoms with van der Waals surface area (Å²) >= 11 is 0. The van der Waals surface area contributed by atoms with Crippen LogP contribution in [0.5, 0.6) is 0 Å². The molecule has 1 amide bonds. The van der Waals surface area contributed by atoms with Gasteiger partial charge in [0, 0.05) is 31.9 Å². The summed E-state index contributed by atoms with van der Waals surface area (Å²) in [5.41, 5.74) is 3.01. The average Bonchev–Trinajstić information content (AvgIpc) is 3.14. The summed E-state index contributed by atoms with van der Waals surface area (Å²) in [6.07, 6.45) is 4.25. The summed E-state index contributed by atoms with van der Waals surface area (Å²) in [7, 11) is 0. The van der Waals surface area contributed by atoms with Crippen LogP contribution in [0, 0.1) is 0 Å². The minimum Gasteiger partial charge on any atom is -0.395 e. The van der Waals surface area contributed by atoms with Gasteiger partial charge in [-0.15, -0.1) is 0 Å². The number of carbonyl (C=O) groups is 1. The van der Waals surface area contributed by atoms with Crippen molar-refractivity contribution in [3.05, 3.63) is 66.0 Å². The van der Waals surface area contributed by atoms with Crippen molar-refractivity contribution in [1.29, 1.82) is 0 Å². The Hall–Kier alpha value is -2.57. The lowest BCUT2D eigenvalue weighted by molar-refractivity contribution is -0.132. The van der Waals surface area contributed by atoms with Crippen molar-refractivity contribution < 1.29 is 9.90 Å². The van der Waals surface area contributed by atoms with Crippen LogP contribution in [-0.2, 0) is 11.3 Å². The number of amides is 1. The second-order valence-electron chi connectivity index (χ2n) is 5.98. The molecule has 25 heavy (non-hydrogen) atoms. The lowest BCUT2D eigenvalue weighted by Gasteiger charge is -2.22. The Labute approximate surface area is 147 Å². The fourth-order valence-electron chi connectivity index (χ4n) is 2.85. The first-order valence-corrected chi connectivity index (χ1v) is 8.41. The van der Waals surface area contributed by atoms with Gasteiger partial charge in [-0.3, -0.25) is 14.7 Å². The molecule has 0 saturated carbocycles. The Morgan fingerprint density at radius 3 is 2.76 bits per heavy atom. The van der Waals surface area contributed by atoms with E-state index < -0.39 is 0 Å². The highest BCUT2D eigenvalue weighted by atomic mass is 16.3. The summed E-state index contributed by atoms with van der Waals surface area (Å²) < 4.78 is 0. The molecule has 2 heterocycles. The van der Waals surface area contributed by atoms with Crippen LogP contribution < -0.4 is 0 Å². The molecule has 1 N–H and O–H groups in total. The van der Waals surface area contributed by atoms with Crippen LogP contribution in [-0.4, -0.2) is 57.9 Å². The highest BCUT2D eigenvalue weighted by Crippen LogP contribution is 2.14. The summed E-state index contributed by atoms with van der Waals surface area (Å²) in [4.78, 5) is 18.6. The summed E-state index contributed by atoms with van der Waals surface area (Å²) in [5, 5.41) is 15.3. The maximum Gasteiger partial charge on any atom is 0.256 e. The number of aliphatic hydroxyl groups is 1. The Morgan fingerprint density at radius 1 is 1.20 bits per heavy atom. The van der Waals surface area contributed by atoms with E-state index in [0.29, 0.717) is 19.6 Å². The van der Waals surface area contributed by atoms with Gasteiger partial charge in [-0.1, -0.05) is 36.4 Å². The molecule has 0 radical (unpaired) electrons. The maximum atomic E-state index is 12.6. The molecule has 2 aromatic rings. The SMILES string of the molecule is O=C(CN(CCO)Cc1cccnc1)N1CCC(c2ccccc2)=N1. The van der Waals surface area contributed by atoms with Crippen LogP contribution in [0.4, 0.5) is 0 Å². The van der Waals surface area contributed by atoms with Gasteiger partial charge < -0.3 is 5.11 Å². The molecule has 1 aliphatic rings. The fraction of sp³-hybridized carbons (Fsp3) is 0.316. The molecule has 130 valence electrons. The zero-order chi connectivity index (χ0) is 17.5. The van der Waals surface area contributed by atoms with E-state index in [1.54, 1.807) is 12.4 Å².